The second kappa shape index (κ2) is 8.72. The van der Waals surface area contributed by atoms with Gasteiger partial charge in [-0.3, -0.25) is 9.79 Å². The van der Waals surface area contributed by atoms with E-state index < -0.39 is 6.04 Å². The standard InChI is InChI=1S/C21H24N2O6/c1-25-15-7-6-12(8-16(15)26-2)21-22-11-14(23-21)19(24)13-9-17(27-3)20(29-5)18(10-13)28-4/h6-10,14H,11H2,1-5H3,(H,22,23). The van der Waals surface area contributed by atoms with Gasteiger partial charge in [-0.15, -0.1) is 0 Å². The molecule has 0 aliphatic carbocycles. The van der Waals surface area contributed by atoms with Crippen molar-refractivity contribution < 1.29 is 28.5 Å². The molecule has 154 valence electrons. The van der Waals surface area contributed by atoms with Gasteiger partial charge in [-0.25, -0.2) is 0 Å². The van der Waals surface area contributed by atoms with Crippen LogP contribution in [-0.2, 0) is 0 Å². The lowest BCUT2D eigenvalue weighted by molar-refractivity contribution is 0.0966. The number of aliphatic imine (C=N–C) groups is 1. The van der Waals surface area contributed by atoms with Gasteiger partial charge in [-0.1, -0.05) is 0 Å². The third kappa shape index (κ3) is 3.91. The fraction of sp³-hybridized carbons (Fsp3) is 0.333. The highest BCUT2D eigenvalue weighted by molar-refractivity contribution is 6.07. The van der Waals surface area contributed by atoms with Crippen LogP contribution in [0.15, 0.2) is 35.3 Å². The van der Waals surface area contributed by atoms with Crippen LogP contribution in [0.25, 0.3) is 0 Å². The highest BCUT2D eigenvalue weighted by Crippen LogP contribution is 2.38. The van der Waals surface area contributed by atoms with Crippen LogP contribution in [0.5, 0.6) is 28.7 Å². The smallest absolute Gasteiger partial charge is 0.203 e. The molecule has 3 rings (SSSR count). The molecule has 0 amide bonds. The minimum absolute atomic E-state index is 0.146. The number of Topliss-reactive ketones (excluding diaryl/α,β-unsaturated/α-hetero) is 1. The van der Waals surface area contributed by atoms with Gasteiger partial charge in [-0.2, -0.15) is 0 Å². The Morgan fingerprint density at radius 1 is 0.862 bits per heavy atom. The Kier molecular flexibility index (Phi) is 6.11. The number of amidine groups is 1. The predicted octanol–water partition coefficient (Wildman–Crippen LogP) is 2.33. The minimum atomic E-state index is -0.569. The van der Waals surface area contributed by atoms with Crippen LogP contribution in [0.2, 0.25) is 0 Å². The molecule has 2 aromatic carbocycles. The normalized spacial score (nSPS) is 15.2. The van der Waals surface area contributed by atoms with E-state index in [1.807, 2.05) is 12.1 Å². The molecule has 2 aromatic rings. The molecular formula is C21H24N2O6. The van der Waals surface area contributed by atoms with Crippen molar-refractivity contribution >= 4 is 11.6 Å². The molecule has 0 radical (unpaired) electrons. The fourth-order valence-corrected chi connectivity index (χ4v) is 3.17. The van der Waals surface area contributed by atoms with Crippen LogP contribution in [0.1, 0.15) is 15.9 Å². The largest absolute Gasteiger partial charge is 0.493 e. The highest BCUT2D eigenvalue weighted by atomic mass is 16.5. The maximum absolute atomic E-state index is 13.0. The van der Waals surface area contributed by atoms with Crippen molar-refractivity contribution in [3.8, 4) is 28.7 Å². The van der Waals surface area contributed by atoms with Gasteiger partial charge in [0.05, 0.1) is 35.5 Å². The maximum Gasteiger partial charge on any atom is 0.203 e. The van der Waals surface area contributed by atoms with Gasteiger partial charge in [0.1, 0.15) is 11.9 Å². The lowest BCUT2D eigenvalue weighted by atomic mass is 10.0. The molecule has 1 atom stereocenters. The molecule has 0 aromatic heterocycles. The number of carbonyl (C=O) groups excluding carboxylic acids is 1. The summed E-state index contributed by atoms with van der Waals surface area (Å²) >= 11 is 0. The van der Waals surface area contributed by atoms with Crippen molar-refractivity contribution in [3.63, 3.8) is 0 Å². The highest BCUT2D eigenvalue weighted by Gasteiger charge is 2.28. The van der Waals surface area contributed by atoms with Crippen LogP contribution in [0, 0.1) is 0 Å². The Balaban J connectivity index is 1.89. The SMILES string of the molecule is COc1ccc(C2=NC(C(=O)c3cc(OC)c(OC)c(OC)c3)CN2)cc1OC. The zero-order chi connectivity index (χ0) is 21.0. The van der Waals surface area contributed by atoms with Crippen LogP contribution >= 0.6 is 0 Å². The fourth-order valence-electron chi connectivity index (χ4n) is 3.17. The summed E-state index contributed by atoms with van der Waals surface area (Å²) in [4.78, 5) is 17.6. The molecule has 8 heteroatoms. The van der Waals surface area contributed by atoms with E-state index in [4.69, 9.17) is 23.7 Å². The van der Waals surface area contributed by atoms with Gasteiger partial charge in [0.2, 0.25) is 5.75 Å². The van der Waals surface area contributed by atoms with Crippen LogP contribution in [0.4, 0.5) is 0 Å². The summed E-state index contributed by atoms with van der Waals surface area (Å²) in [5.41, 5.74) is 1.24. The van der Waals surface area contributed by atoms with Crippen LogP contribution in [0.3, 0.4) is 0 Å². The Morgan fingerprint density at radius 2 is 1.48 bits per heavy atom. The number of benzene rings is 2. The summed E-state index contributed by atoms with van der Waals surface area (Å²) < 4.78 is 26.6. The average molecular weight is 400 g/mol. The molecule has 0 fully saturated rings. The number of ether oxygens (including phenoxy) is 5. The number of methoxy groups -OCH3 is 5. The Morgan fingerprint density at radius 3 is 2.03 bits per heavy atom. The van der Waals surface area contributed by atoms with Crippen molar-refractivity contribution in [3.05, 3.63) is 41.5 Å². The summed E-state index contributed by atoms with van der Waals surface area (Å²) in [6.07, 6.45) is 0. The molecule has 0 saturated carbocycles. The molecule has 1 N–H and O–H groups in total. The van der Waals surface area contributed by atoms with Crippen molar-refractivity contribution in [2.45, 2.75) is 6.04 Å². The van der Waals surface area contributed by atoms with E-state index in [2.05, 4.69) is 10.3 Å². The molecule has 1 unspecified atom stereocenters. The minimum Gasteiger partial charge on any atom is -0.493 e. The monoisotopic (exact) mass is 400 g/mol. The summed E-state index contributed by atoms with van der Waals surface area (Å²) in [5, 5.41) is 3.19. The number of nitrogens with zero attached hydrogens (tertiary/aromatic N) is 1. The molecule has 0 spiro atoms. The number of ketones is 1. The molecule has 1 aliphatic heterocycles. The Hall–Kier alpha value is -3.42. The van der Waals surface area contributed by atoms with Crippen molar-refractivity contribution in [2.75, 3.05) is 42.1 Å². The van der Waals surface area contributed by atoms with Gasteiger partial charge in [-0.05, 0) is 30.3 Å². The molecule has 8 nitrogen and oxygen atoms in total. The van der Waals surface area contributed by atoms with Gasteiger partial charge < -0.3 is 29.0 Å². The van der Waals surface area contributed by atoms with Gasteiger partial charge >= 0.3 is 0 Å². The molecule has 0 bridgehead atoms. The third-order valence-corrected chi connectivity index (χ3v) is 4.66. The summed E-state index contributed by atoms with van der Waals surface area (Å²) in [6, 6.07) is 8.17. The number of hydrogen-bond acceptors (Lipinski definition) is 8. The molecule has 1 heterocycles. The number of carbonyl (C=O) groups is 1. The van der Waals surface area contributed by atoms with E-state index in [1.54, 1.807) is 32.4 Å². The van der Waals surface area contributed by atoms with E-state index in [1.165, 1.54) is 21.3 Å². The van der Waals surface area contributed by atoms with Crippen LogP contribution in [-0.4, -0.2) is 59.8 Å². The van der Waals surface area contributed by atoms with Gasteiger partial charge in [0.15, 0.2) is 28.8 Å². The first-order valence-electron chi connectivity index (χ1n) is 8.94. The molecule has 1 aliphatic rings. The van der Waals surface area contributed by atoms with Gasteiger partial charge in [0.25, 0.3) is 0 Å². The number of nitrogens with one attached hydrogen (secondary N) is 1. The zero-order valence-electron chi connectivity index (χ0n) is 17.1. The third-order valence-electron chi connectivity index (χ3n) is 4.66. The zero-order valence-corrected chi connectivity index (χ0v) is 17.1. The first kappa shape index (κ1) is 20.3. The molecular weight excluding hydrogens is 376 g/mol. The first-order chi connectivity index (χ1) is 14.1. The summed E-state index contributed by atoms with van der Waals surface area (Å²) in [6.45, 7) is 0.388. The average Bonchev–Trinajstić information content (AvgIpc) is 3.27. The van der Waals surface area contributed by atoms with E-state index in [0.717, 1.165) is 5.56 Å². The Bertz CT molecular complexity index is 916. The van der Waals surface area contributed by atoms with Crippen molar-refractivity contribution in [1.82, 2.24) is 5.32 Å². The first-order valence-corrected chi connectivity index (χ1v) is 8.94. The van der Waals surface area contributed by atoms with E-state index >= 15 is 0 Å². The topological polar surface area (TPSA) is 87.6 Å². The van der Waals surface area contributed by atoms with E-state index in [9.17, 15) is 4.79 Å². The Labute approximate surface area is 169 Å². The van der Waals surface area contributed by atoms with Gasteiger partial charge in [0, 0.05) is 17.7 Å². The lowest BCUT2D eigenvalue weighted by Crippen LogP contribution is -2.26. The molecule has 29 heavy (non-hydrogen) atoms. The number of rotatable bonds is 8. The predicted molar refractivity (Wildman–Crippen MR) is 108 cm³/mol. The lowest BCUT2D eigenvalue weighted by Gasteiger charge is -2.14. The number of hydrogen-bond donors (Lipinski definition) is 1. The maximum atomic E-state index is 13.0. The van der Waals surface area contributed by atoms with Crippen molar-refractivity contribution in [1.29, 1.82) is 0 Å². The second-order valence-corrected chi connectivity index (χ2v) is 6.22. The molecule has 0 saturated heterocycles. The summed E-state index contributed by atoms with van der Waals surface area (Å²) in [5.74, 6) is 2.97. The van der Waals surface area contributed by atoms with Crippen molar-refractivity contribution in [2.24, 2.45) is 4.99 Å². The van der Waals surface area contributed by atoms with E-state index in [-0.39, 0.29) is 5.78 Å². The van der Waals surface area contributed by atoms with E-state index in [0.29, 0.717) is 46.7 Å². The summed E-state index contributed by atoms with van der Waals surface area (Å²) in [7, 11) is 7.69. The van der Waals surface area contributed by atoms with Crippen LogP contribution < -0.4 is 29.0 Å². The quantitative estimate of drug-likeness (QED) is 0.681. The second-order valence-electron chi connectivity index (χ2n) is 6.22.